The van der Waals surface area contributed by atoms with Crippen molar-refractivity contribution in [2.24, 2.45) is 7.05 Å². The Labute approximate surface area is 183 Å². The molecule has 1 heterocycles. The molecule has 3 aromatic rings. The second-order valence-electron chi connectivity index (χ2n) is 7.18. The van der Waals surface area contributed by atoms with E-state index in [9.17, 15) is 4.79 Å². The highest BCUT2D eigenvalue weighted by molar-refractivity contribution is 5.94. The molecule has 0 radical (unpaired) electrons. The fraction of sp³-hybridized carbons (Fsp3) is 0.333. The lowest BCUT2D eigenvalue weighted by atomic mass is 10.0. The van der Waals surface area contributed by atoms with Crippen LogP contribution in [0, 0.1) is 0 Å². The Morgan fingerprint density at radius 3 is 2.29 bits per heavy atom. The van der Waals surface area contributed by atoms with Crippen LogP contribution < -0.4 is 19.5 Å². The Morgan fingerprint density at radius 1 is 1.06 bits per heavy atom. The van der Waals surface area contributed by atoms with Gasteiger partial charge in [-0.1, -0.05) is 13.3 Å². The first-order valence-electron chi connectivity index (χ1n) is 10.3. The van der Waals surface area contributed by atoms with Crippen LogP contribution in [0.15, 0.2) is 54.9 Å². The summed E-state index contributed by atoms with van der Waals surface area (Å²) in [5.74, 6) is 2.51. The quantitative estimate of drug-likeness (QED) is 0.496. The number of hydrogen-bond donors (Lipinski definition) is 1. The molecule has 3 rings (SSSR count). The van der Waals surface area contributed by atoms with E-state index >= 15 is 0 Å². The number of unbranched alkanes of at least 4 members (excludes halogenated alkanes) is 1. The zero-order valence-corrected chi connectivity index (χ0v) is 18.4. The van der Waals surface area contributed by atoms with Crippen LogP contribution in [-0.2, 0) is 7.05 Å². The predicted molar refractivity (Wildman–Crippen MR) is 119 cm³/mol. The number of hydrogen-bond acceptors (Lipinski definition) is 5. The average molecular weight is 424 g/mol. The average Bonchev–Trinajstić information content (AvgIpc) is 3.23. The number of nitrogens with one attached hydrogen (secondary N) is 1. The number of ether oxygens (including phenoxy) is 3. The third kappa shape index (κ3) is 5.57. The molecule has 1 amide bonds. The topological polar surface area (TPSA) is 74.6 Å². The molecule has 7 heteroatoms. The van der Waals surface area contributed by atoms with E-state index in [1.165, 1.54) is 0 Å². The van der Waals surface area contributed by atoms with Gasteiger partial charge in [-0.25, -0.2) is 4.98 Å². The number of benzene rings is 2. The number of methoxy groups -OCH3 is 2. The van der Waals surface area contributed by atoms with Crippen molar-refractivity contribution >= 4 is 5.91 Å². The van der Waals surface area contributed by atoms with E-state index in [0.29, 0.717) is 29.5 Å². The summed E-state index contributed by atoms with van der Waals surface area (Å²) < 4.78 is 18.4. The van der Waals surface area contributed by atoms with Crippen molar-refractivity contribution in [3.05, 3.63) is 71.8 Å². The molecule has 1 aromatic heterocycles. The largest absolute Gasteiger partial charge is 0.497 e. The molecule has 7 nitrogen and oxygen atoms in total. The van der Waals surface area contributed by atoms with Gasteiger partial charge in [-0.2, -0.15) is 0 Å². The first kappa shape index (κ1) is 22.2. The Morgan fingerprint density at radius 2 is 1.74 bits per heavy atom. The van der Waals surface area contributed by atoms with Gasteiger partial charge in [-0.3, -0.25) is 4.79 Å². The van der Waals surface area contributed by atoms with E-state index in [2.05, 4.69) is 17.2 Å². The number of carbonyl (C=O) groups is 1. The summed E-state index contributed by atoms with van der Waals surface area (Å²) in [6.07, 6.45) is 5.62. The summed E-state index contributed by atoms with van der Waals surface area (Å²) >= 11 is 0. The second-order valence-corrected chi connectivity index (χ2v) is 7.18. The SMILES string of the molecule is CCCCOc1ccc(C(=O)NC(c2cc(OC)cc(OC)c2)c2nccn2C)cc1. The van der Waals surface area contributed by atoms with Crippen molar-refractivity contribution in [3.63, 3.8) is 0 Å². The van der Waals surface area contributed by atoms with E-state index in [1.54, 1.807) is 38.6 Å². The number of aryl methyl sites for hydroxylation is 1. The maximum atomic E-state index is 13.1. The maximum absolute atomic E-state index is 13.1. The smallest absolute Gasteiger partial charge is 0.252 e. The van der Waals surface area contributed by atoms with Crippen LogP contribution in [0.25, 0.3) is 0 Å². The summed E-state index contributed by atoms with van der Waals surface area (Å²) in [6.45, 7) is 2.79. The van der Waals surface area contributed by atoms with E-state index in [-0.39, 0.29) is 5.91 Å². The van der Waals surface area contributed by atoms with Crippen molar-refractivity contribution in [2.75, 3.05) is 20.8 Å². The van der Waals surface area contributed by atoms with E-state index in [1.807, 2.05) is 42.1 Å². The molecule has 164 valence electrons. The maximum Gasteiger partial charge on any atom is 0.252 e. The molecule has 0 saturated heterocycles. The monoisotopic (exact) mass is 423 g/mol. The highest BCUT2D eigenvalue weighted by Gasteiger charge is 2.23. The Kier molecular flexibility index (Phi) is 7.54. The number of amides is 1. The number of aromatic nitrogens is 2. The van der Waals surface area contributed by atoms with Crippen LogP contribution in [0.2, 0.25) is 0 Å². The van der Waals surface area contributed by atoms with Gasteiger partial charge in [0.15, 0.2) is 0 Å². The summed E-state index contributed by atoms with van der Waals surface area (Å²) in [5.41, 5.74) is 1.34. The summed E-state index contributed by atoms with van der Waals surface area (Å²) in [7, 11) is 5.08. The van der Waals surface area contributed by atoms with Crippen LogP contribution in [0.5, 0.6) is 17.2 Å². The lowest BCUT2D eigenvalue weighted by Crippen LogP contribution is -2.31. The van der Waals surface area contributed by atoms with Gasteiger partial charge in [0.1, 0.15) is 29.1 Å². The van der Waals surface area contributed by atoms with Crippen LogP contribution in [0.3, 0.4) is 0 Å². The highest BCUT2D eigenvalue weighted by atomic mass is 16.5. The summed E-state index contributed by atoms with van der Waals surface area (Å²) in [4.78, 5) is 17.5. The third-order valence-corrected chi connectivity index (χ3v) is 4.98. The third-order valence-electron chi connectivity index (χ3n) is 4.98. The van der Waals surface area contributed by atoms with Gasteiger partial charge in [0, 0.05) is 31.1 Å². The minimum absolute atomic E-state index is 0.213. The van der Waals surface area contributed by atoms with Crippen LogP contribution in [-0.4, -0.2) is 36.3 Å². The molecule has 0 fully saturated rings. The standard InChI is InChI=1S/C24H29N3O4/c1-5-6-13-31-19-9-7-17(8-10-19)24(28)26-22(23-25-11-12-27(23)2)18-14-20(29-3)16-21(15-18)30-4/h7-12,14-16,22H,5-6,13H2,1-4H3,(H,26,28). The lowest BCUT2D eigenvalue weighted by molar-refractivity contribution is 0.0941. The van der Waals surface area contributed by atoms with Crippen molar-refractivity contribution < 1.29 is 19.0 Å². The molecule has 1 N–H and O–H groups in total. The number of carbonyl (C=O) groups excluding carboxylic acids is 1. The molecular formula is C24H29N3O4. The Balaban J connectivity index is 1.86. The van der Waals surface area contributed by atoms with Gasteiger partial charge in [0.25, 0.3) is 5.91 Å². The second kappa shape index (κ2) is 10.5. The van der Waals surface area contributed by atoms with Gasteiger partial charge >= 0.3 is 0 Å². The molecule has 0 bridgehead atoms. The van der Waals surface area contributed by atoms with E-state index in [4.69, 9.17) is 14.2 Å². The number of nitrogens with zero attached hydrogens (tertiary/aromatic N) is 2. The predicted octanol–water partition coefficient (Wildman–Crippen LogP) is 4.14. The molecule has 0 aliphatic carbocycles. The first-order chi connectivity index (χ1) is 15.0. The Hall–Kier alpha value is -3.48. The number of imidazole rings is 1. The molecule has 0 aliphatic heterocycles. The molecule has 2 aromatic carbocycles. The van der Waals surface area contributed by atoms with E-state index < -0.39 is 6.04 Å². The Bertz CT molecular complexity index is 976. The molecular weight excluding hydrogens is 394 g/mol. The van der Waals surface area contributed by atoms with Crippen LogP contribution in [0.4, 0.5) is 0 Å². The van der Waals surface area contributed by atoms with Gasteiger partial charge in [-0.05, 0) is 48.4 Å². The van der Waals surface area contributed by atoms with Gasteiger partial charge in [0.05, 0.1) is 20.8 Å². The lowest BCUT2D eigenvalue weighted by Gasteiger charge is -2.20. The van der Waals surface area contributed by atoms with E-state index in [0.717, 1.165) is 24.2 Å². The van der Waals surface area contributed by atoms with Crippen LogP contribution in [0.1, 0.15) is 47.6 Å². The van der Waals surface area contributed by atoms with Crippen molar-refractivity contribution in [1.29, 1.82) is 0 Å². The van der Waals surface area contributed by atoms with Crippen LogP contribution >= 0.6 is 0 Å². The molecule has 31 heavy (non-hydrogen) atoms. The zero-order chi connectivity index (χ0) is 22.2. The fourth-order valence-electron chi connectivity index (χ4n) is 3.20. The minimum Gasteiger partial charge on any atom is -0.497 e. The first-order valence-corrected chi connectivity index (χ1v) is 10.3. The van der Waals surface area contributed by atoms with Gasteiger partial charge < -0.3 is 24.1 Å². The zero-order valence-electron chi connectivity index (χ0n) is 18.4. The summed E-state index contributed by atoms with van der Waals surface area (Å²) in [6, 6.07) is 12.2. The number of rotatable bonds is 10. The highest BCUT2D eigenvalue weighted by Crippen LogP contribution is 2.29. The van der Waals surface area contributed by atoms with Crippen molar-refractivity contribution in [3.8, 4) is 17.2 Å². The van der Waals surface area contributed by atoms with Crippen molar-refractivity contribution in [1.82, 2.24) is 14.9 Å². The molecule has 1 unspecified atom stereocenters. The van der Waals surface area contributed by atoms with Gasteiger partial charge in [0.2, 0.25) is 0 Å². The normalized spacial score (nSPS) is 11.6. The molecule has 0 spiro atoms. The molecule has 0 aliphatic rings. The minimum atomic E-state index is -0.489. The molecule has 0 saturated carbocycles. The fourth-order valence-corrected chi connectivity index (χ4v) is 3.20. The summed E-state index contributed by atoms with van der Waals surface area (Å²) in [5, 5.41) is 3.09. The molecule has 1 atom stereocenters. The van der Waals surface area contributed by atoms with Crippen molar-refractivity contribution in [2.45, 2.75) is 25.8 Å². The van der Waals surface area contributed by atoms with Gasteiger partial charge in [-0.15, -0.1) is 0 Å².